The SMILES string of the molecule is O=C(Nc1cccc2cccnc12)C1(c2cccc(F)c2)CCCC1. The number of hydrogen-bond acceptors (Lipinski definition) is 2. The Labute approximate surface area is 145 Å². The second-order valence-corrected chi connectivity index (χ2v) is 6.63. The third-order valence-corrected chi connectivity index (χ3v) is 5.15. The molecular weight excluding hydrogens is 315 g/mol. The van der Waals surface area contributed by atoms with Crippen LogP contribution in [0.5, 0.6) is 0 Å². The number of hydrogen-bond donors (Lipinski definition) is 1. The molecule has 1 fully saturated rings. The molecule has 1 heterocycles. The van der Waals surface area contributed by atoms with Gasteiger partial charge in [0.1, 0.15) is 5.82 Å². The van der Waals surface area contributed by atoms with E-state index in [-0.39, 0.29) is 11.7 Å². The van der Waals surface area contributed by atoms with Crippen molar-refractivity contribution < 1.29 is 9.18 Å². The Bertz CT molecular complexity index is 927. The number of nitrogens with zero attached hydrogens (tertiary/aromatic N) is 1. The number of rotatable bonds is 3. The summed E-state index contributed by atoms with van der Waals surface area (Å²) in [4.78, 5) is 17.6. The molecule has 0 radical (unpaired) electrons. The number of carbonyl (C=O) groups excluding carboxylic acids is 1. The molecule has 0 atom stereocenters. The molecule has 3 nitrogen and oxygen atoms in total. The van der Waals surface area contributed by atoms with Crippen molar-refractivity contribution in [1.29, 1.82) is 0 Å². The Balaban J connectivity index is 1.73. The van der Waals surface area contributed by atoms with Gasteiger partial charge in [-0.25, -0.2) is 4.39 Å². The summed E-state index contributed by atoms with van der Waals surface area (Å²) >= 11 is 0. The van der Waals surface area contributed by atoms with Crippen LogP contribution in [0.25, 0.3) is 10.9 Å². The number of para-hydroxylation sites is 1. The van der Waals surface area contributed by atoms with Crippen molar-refractivity contribution in [2.75, 3.05) is 5.32 Å². The molecule has 0 bridgehead atoms. The molecule has 126 valence electrons. The highest BCUT2D eigenvalue weighted by molar-refractivity contribution is 6.04. The fourth-order valence-corrected chi connectivity index (χ4v) is 3.86. The lowest BCUT2D eigenvalue weighted by Gasteiger charge is -2.28. The fraction of sp³-hybridized carbons (Fsp3) is 0.238. The first-order valence-corrected chi connectivity index (χ1v) is 8.60. The van der Waals surface area contributed by atoms with Crippen molar-refractivity contribution in [3.63, 3.8) is 0 Å². The molecule has 1 N–H and O–H groups in total. The van der Waals surface area contributed by atoms with Crippen molar-refractivity contribution >= 4 is 22.5 Å². The lowest BCUT2D eigenvalue weighted by Crippen LogP contribution is -2.38. The lowest BCUT2D eigenvalue weighted by atomic mass is 9.78. The van der Waals surface area contributed by atoms with Gasteiger partial charge in [-0.2, -0.15) is 0 Å². The molecule has 25 heavy (non-hydrogen) atoms. The zero-order chi connectivity index (χ0) is 17.3. The highest BCUT2D eigenvalue weighted by atomic mass is 19.1. The Hall–Kier alpha value is -2.75. The molecule has 0 aliphatic heterocycles. The molecule has 2 aromatic carbocycles. The minimum Gasteiger partial charge on any atom is -0.323 e. The number of anilines is 1. The quantitative estimate of drug-likeness (QED) is 0.746. The van der Waals surface area contributed by atoms with Gasteiger partial charge >= 0.3 is 0 Å². The first kappa shape index (κ1) is 15.8. The largest absolute Gasteiger partial charge is 0.323 e. The van der Waals surface area contributed by atoms with Crippen molar-refractivity contribution in [3.05, 3.63) is 72.2 Å². The minimum absolute atomic E-state index is 0.0752. The molecular formula is C21H19FN2O. The van der Waals surface area contributed by atoms with E-state index in [1.165, 1.54) is 12.1 Å². The van der Waals surface area contributed by atoms with Crippen LogP contribution in [0, 0.1) is 5.82 Å². The van der Waals surface area contributed by atoms with Gasteiger partial charge in [-0.1, -0.05) is 43.2 Å². The third kappa shape index (κ3) is 2.78. The molecule has 1 aliphatic rings. The van der Waals surface area contributed by atoms with E-state index in [2.05, 4.69) is 10.3 Å². The van der Waals surface area contributed by atoms with E-state index in [0.29, 0.717) is 5.69 Å². The van der Waals surface area contributed by atoms with E-state index in [4.69, 9.17) is 0 Å². The smallest absolute Gasteiger partial charge is 0.235 e. The number of nitrogens with one attached hydrogen (secondary N) is 1. The summed E-state index contributed by atoms with van der Waals surface area (Å²) in [5.41, 5.74) is 1.56. The zero-order valence-electron chi connectivity index (χ0n) is 13.8. The molecule has 1 saturated carbocycles. The van der Waals surface area contributed by atoms with Crippen LogP contribution in [-0.4, -0.2) is 10.9 Å². The summed E-state index contributed by atoms with van der Waals surface area (Å²) in [6.45, 7) is 0. The number of aromatic nitrogens is 1. The van der Waals surface area contributed by atoms with Crippen LogP contribution in [0.15, 0.2) is 60.8 Å². The summed E-state index contributed by atoms with van der Waals surface area (Å²) in [7, 11) is 0. The number of halogens is 1. The van der Waals surface area contributed by atoms with Crippen LogP contribution < -0.4 is 5.32 Å². The van der Waals surface area contributed by atoms with Gasteiger partial charge in [-0.05, 0) is 42.7 Å². The van der Waals surface area contributed by atoms with Gasteiger partial charge in [-0.15, -0.1) is 0 Å². The van der Waals surface area contributed by atoms with Gasteiger partial charge in [0, 0.05) is 11.6 Å². The number of pyridine rings is 1. The molecule has 3 aromatic rings. The summed E-state index contributed by atoms with van der Waals surface area (Å²) in [6.07, 6.45) is 5.13. The predicted octanol–water partition coefficient (Wildman–Crippen LogP) is 4.82. The molecule has 1 aliphatic carbocycles. The van der Waals surface area contributed by atoms with Gasteiger partial charge in [0.25, 0.3) is 0 Å². The first-order chi connectivity index (χ1) is 12.2. The Morgan fingerprint density at radius 3 is 2.60 bits per heavy atom. The van der Waals surface area contributed by atoms with Gasteiger partial charge in [0.2, 0.25) is 5.91 Å². The van der Waals surface area contributed by atoms with Crippen LogP contribution >= 0.6 is 0 Å². The topological polar surface area (TPSA) is 42.0 Å². The summed E-state index contributed by atoms with van der Waals surface area (Å²) in [5.74, 6) is -0.378. The van der Waals surface area contributed by atoms with Gasteiger partial charge < -0.3 is 5.32 Å². The van der Waals surface area contributed by atoms with Crippen molar-refractivity contribution in [3.8, 4) is 0 Å². The maximum atomic E-state index is 13.7. The maximum absolute atomic E-state index is 13.7. The van der Waals surface area contributed by atoms with Gasteiger partial charge in [0.05, 0.1) is 16.6 Å². The van der Waals surface area contributed by atoms with E-state index in [1.54, 1.807) is 12.3 Å². The molecule has 0 spiro atoms. The second-order valence-electron chi connectivity index (χ2n) is 6.63. The van der Waals surface area contributed by atoms with Crippen LogP contribution in [0.1, 0.15) is 31.2 Å². The van der Waals surface area contributed by atoms with E-state index in [1.807, 2.05) is 36.4 Å². The zero-order valence-corrected chi connectivity index (χ0v) is 13.8. The van der Waals surface area contributed by atoms with E-state index in [9.17, 15) is 9.18 Å². The van der Waals surface area contributed by atoms with Gasteiger partial charge in [-0.3, -0.25) is 9.78 Å². The summed E-state index contributed by atoms with van der Waals surface area (Å²) in [5, 5.41) is 4.04. The van der Waals surface area contributed by atoms with Crippen molar-refractivity contribution in [2.45, 2.75) is 31.1 Å². The van der Waals surface area contributed by atoms with Crippen LogP contribution in [0.2, 0.25) is 0 Å². The molecule has 1 aromatic heterocycles. The summed E-state index contributed by atoms with van der Waals surface area (Å²) in [6, 6.07) is 16.0. The highest BCUT2D eigenvalue weighted by Gasteiger charge is 2.43. The number of benzene rings is 2. The molecule has 1 amide bonds. The van der Waals surface area contributed by atoms with Crippen LogP contribution in [0.3, 0.4) is 0 Å². The lowest BCUT2D eigenvalue weighted by molar-refractivity contribution is -0.121. The highest BCUT2D eigenvalue weighted by Crippen LogP contribution is 2.42. The standard InChI is InChI=1S/C21H19FN2O/c22-17-9-4-8-16(14-17)21(11-1-2-12-21)20(25)24-18-10-3-6-15-7-5-13-23-19(15)18/h3-10,13-14H,1-2,11-12H2,(H,24,25). The third-order valence-electron chi connectivity index (χ3n) is 5.15. The van der Waals surface area contributed by atoms with E-state index >= 15 is 0 Å². The summed E-state index contributed by atoms with van der Waals surface area (Å²) < 4.78 is 13.7. The predicted molar refractivity (Wildman–Crippen MR) is 96.9 cm³/mol. The molecule has 0 unspecified atom stereocenters. The number of carbonyl (C=O) groups is 1. The van der Waals surface area contributed by atoms with Crippen molar-refractivity contribution in [2.24, 2.45) is 0 Å². The van der Waals surface area contributed by atoms with E-state index < -0.39 is 5.41 Å². The molecule has 0 saturated heterocycles. The average Bonchev–Trinajstić information content (AvgIpc) is 3.13. The fourth-order valence-electron chi connectivity index (χ4n) is 3.86. The number of fused-ring (bicyclic) bond motifs is 1. The van der Waals surface area contributed by atoms with Crippen molar-refractivity contribution in [1.82, 2.24) is 4.98 Å². The monoisotopic (exact) mass is 334 g/mol. The average molecular weight is 334 g/mol. The Kier molecular flexibility index (Phi) is 3.96. The van der Waals surface area contributed by atoms with Crippen LogP contribution in [-0.2, 0) is 10.2 Å². The number of amides is 1. The Morgan fingerprint density at radius 2 is 1.80 bits per heavy atom. The van der Waals surface area contributed by atoms with Gasteiger partial charge in [0.15, 0.2) is 0 Å². The molecule has 4 rings (SSSR count). The maximum Gasteiger partial charge on any atom is 0.235 e. The van der Waals surface area contributed by atoms with E-state index in [0.717, 1.165) is 42.1 Å². The Morgan fingerprint density at radius 1 is 1.04 bits per heavy atom. The molecule has 4 heteroatoms. The first-order valence-electron chi connectivity index (χ1n) is 8.60. The second kappa shape index (κ2) is 6.28. The normalized spacial score (nSPS) is 16.0. The minimum atomic E-state index is -0.668. The van der Waals surface area contributed by atoms with Crippen LogP contribution in [0.4, 0.5) is 10.1 Å².